The summed E-state index contributed by atoms with van der Waals surface area (Å²) in [5, 5.41) is 21.5. The predicted molar refractivity (Wildman–Crippen MR) is 111 cm³/mol. The number of fused-ring (bicyclic) bond motifs is 4. The smallest absolute Gasteiger partial charge is 0.161 e. The fourth-order valence-corrected chi connectivity index (χ4v) is 3.53. The van der Waals surface area contributed by atoms with Crippen LogP contribution in [0.3, 0.4) is 0 Å². The molecule has 0 aliphatic carbocycles. The Bertz CT molecular complexity index is 1170. The molecule has 3 heterocycles. The van der Waals surface area contributed by atoms with Gasteiger partial charge < -0.3 is 21.9 Å². The Labute approximate surface area is 177 Å². The van der Waals surface area contributed by atoms with E-state index in [1.165, 1.54) is 22.9 Å². The first-order valence-corrected chi connectivity index (χ1v) is 9.30. The van der Waals surface area contributed by atoms with Gasteiger partial charge in [-0.3, -0.25) is 4.68 Å². The molecule has 2 aliphatic rings. The van der Waals surface area contributed by atoms with Gasteiger partial charge in [-0.15, -0.1) is 5.10 Å². The summed E-state index contributed by atoms with van der Waals surface area (Å²) in [7, 11) is 1.65. The molecule has 1 unspecified atom stereocenters. The highest BCUT2D eigenvalue weighted by Gasteiger charge is 2.29. The standard InChI is InChI=1S/C19H21FN10O/c1-10-12-5-11(20)3-4-15(12)30-27-25-9-29(30)8-14-18(16(7-21)28(2)26-14)13(22)6-17(31-10)19(23)24/h3-6,9-10,27H,8,22-24H2,1-2H3/b13-6-. The van der Waals surface area contributed by atoms with Crippen molar-refractivity contribution in [2.45, 2.75) is 19.6 Å². The predicted octanol–water partition coefficient (Wildman–Crippen LogP) is 0.593. The van der Waals surface area contributed by atoms with Crippen LogP contribution in [0.4, 0.5) is 10.1 Å². The van der Waals surface area contributed by atoms with Crippen LogP contribution in [0.25, 0.3) is 5.70 Å². The molecule has 0 radical (unpaired) electrons. The van der Waals surface area contributed by atoms with E-state index in [1.54, 1.807) is 36.5 Å². The van der Waals surface area contributed by atoms with Gasteiger partial charge in [-0.05, 0) is 25.1 Å². The van der Waals surface area contributed by atoms with Crippen molar-refractivity contribution < 1.29 is 9.13 Å². The van der Waals surface area contributed by atoms with Crippen molar-refractivity contribution in [3.63, 3.8) is 0 Å². The second-order valence-electron chi connectivity index (χ2n) is 7.04. The molecule has 12 heteroatoms. The molecule has 7 N–H and O–H groups in total. The Morgan fingerprint density at radius 2 is 2.16 bits per heavy atom. The summed E-state index contributed by atoms with van der Waals surface area (Å²) in [5.74, 6) is -0.445. The Hall–Kier alpha value is -4.40. The van der Waals surface area contributed by atoms with Gasteiger partial charge in [-0.1, -0.05) is 0 Å². The molecule has 0 saturated heterocycles. The van der Waals surface area contributed by atoms with Crippen LogP contribution in [0.15, 0.2) is 41.0 Å². The summed E-state index contributed by atoms with van der Waals surface area (Å²) in [6.07, 6.45) is 2.35. The van der Waals surface area contributed by atoms with E-state index in [4.69, 9.17) is 21.9 Å². The Balaban J connectivity index is 1.95. The first-order chi connectivity index (χ1) is 14.8. The largest absolute Gasteiger partial charge is 0.482 e. The number of anilines is 1. The van der Waals surface area contributed by atoms with Crippen LogP contribution in [0, 0.1) is 17.1 Å². The number of nitrogens with zero attached hydrogens (tertiary/aromatic N) is 6. The molecule has 0 bridgehead atoms. The maximum atomic E-state index is 14.1. The van der Waals surface area contributed by atoms with Crippen molar-refractivity contribution >= 4 is 17.7 Å². The number of nitriles is 1. The lowest BCUT2D eigenvalue weighted by Crippen LogP contribution is -2.43. The van der Waals surface area contributed by atoms with Gasteiger partial charge in [0.2, 0.25) is 0 Å². The number of aryl methyl sites for hydroxylation is 1. The minimum atomic E-state index is -0.653. The Kier molecular flexibility index (Phi) is 4.78. The SMILES string of the molecule is CC1OC(=C(N)N)/C=C(\N)c2c(nn(C)c2C#N)CN2C=NNN2c2ccc(F)cc21. The van der Waals surface area contributed by atoms with Gasteiger partial charge in [0, 0.05) is 24.4 Å². The molecule has 2 aliphatic heterocycles. The summed E-state index contributed by atoms with van der Waals surface area (Å²) in [6, 6.07) is 6.42. The van der Waals surface area contributed by atoms with Gasteiger partial charge in [0.15, 0.2) is 5.76 Å². The van der Waals surface area contributed by atoms with E-state index in [2.05, 4.69) is 21.8 Å². The van der Waals surface area contributed by atoms with Crippen molar-refractivity contribution in [3.05, 3.63) is 64.2 Å². The number of rotatable bonds is 0. The highest BCUT2D eigenvalue weighted by atomic mass is 19.1. The topological polar surface area (TPSA) is 160 Å². The molecule has 1 aromatic carbocycles. The summed E-state index contributed by atoms with van der Waals surface area (Å²) < 4.78 is 21.5. The highest BCUT2D eigenvalue weighted by molar-refractivity contribution is 5.72. The van der Waals surface area contributed by atoms with E-state index < -0.39 is 11.9 Å². The fraction of sp³-hybridized carbons (Fsp3) is 0.211. The molecule has 4 rings (SSSR count). The van der Waals surface area contributed by atoms with E-state index in [0.29, 0.717) is 22.5 Å². The van der Waals surface area contributed by atoms with Crippen LogP contribution in [0.1, 0.15) is 35.5 Å². The molecule has 0 fully saturated rings. The molecule has 160 valence electrons. The van der Waals surface area contributed by atoms with E-state index in [0.717, 1.165) is 0 Å². The molecule has 31 heavy (non-hydrogen) atoms. The third-order valence-corrected chi connectivity index (χ3v) is 4.96. The summed E-state index contributed by atoms with van der Waals surface area (Å²) in [5.41, 5.74) is 23.4. The van der Waals surface area contributed by atoms with Gasteiger partial charge in [0.25, 0.3) is 0 Å². The van der Waals surface area contributed by atoms with Crippen LogP contribution >= 0.6 is 0 Å². The lowest BCUT2D eigenvalue weighted by atomic mass is 10.1. The number of nitrogens with two attached hydrogens (primary N) is 3. The number of hydrazine groups is 2. The van der Waals surface area contributed by atoms with Gasteiger partial charge in [-0.25, -0.2) is 9.40 Å². The van der Waals surface area contributed by atoms with Crippen molar-refractivity contribution in [2.75, 3.05) is 5.12 Å². The molecule has 11 nitrogen and oxygen atoms in total. The lowest BCUT2D eigenvalue weighted by Gasteiger charge is -2.31. The monoisotopic (exact) mass is 424 g/mol. The second kappa shape index (κ2) is 7.45. The van der Waals surface area contributed by atoms with Crippen molar-refractivity contribution in [1.29, 1.82) is 5.26 Å². The van der Waals surface area contributed by atoms with Crippen LogP contribution in [-0.4, -0.2) is 21.1 Å². The van der Waals surface area contributed by atoms with Crippen LogP contribution in [0.5, 0.6) is 0 Å². The van der Waals surface area contributed by atoms with Crippen LogP contribution in [-0.2, 0) is 18.3 Å². The van der Waals surface area contributed by atoms with Gasteiger partial charge in [0.1, 0.15) is 35.8 Å². The van der Waals surface area contributed by atoms with E-state index in [1.807, 2.05) is 0 Å². The number of allylic oxidation sites excluding steroid dienone is 1. The quantitative estimate of drug-likeness (QED) is 0.474. The van der Waals surface area contributed by atoms with Crippen LogP contribution < -0.4 is 27.9 Å². The molecule has 0 amide bonds. The maximum Gasteiger partial charge on any atom is 0.161 e. The summed E-state index contributed by atoms with van der Waals surface area (Å²) >= 11 is 0. The molecular weight excluding hydrogens is 403 g/mol. The normalized spacial score (nSPS) is 19.5. The number of hydrazone groups is 1. The third-order valence-electron chi connectivity index (χ3n) is 4.96. The van der Waals surface area contributed by atoms with E-state index in [9.17, 15) is 9.65 Å². The third kappa shape index (κ3) is 3.42. The molecule has 0 spiro atoms. The van der Waals surface area contributed by atoms with Gasteiger partial charge in [-0.2, -0.15) is 21.0 Å². The first kappa shape index (κ1) is 19.9. The number of nitrogens with one attached hydrogen (secondary N) is 1. The number of halogens is 1. The lowest BCUT2D eigenvalue weighted by molar-refractivity contribution is 0.139. The zero-order chi connectivity index (χ0) is 22.3. The number of benzene rings is 1. The number of hydrogen-bond acceptors (Lipinski definition) is 10. The number of hydrogen-bond donors (Lipinski definition) is 4. The van der Waals surface area contributed by atoms with E-state index in [-0.39, 0.29) is 29.5 Å². The van der Waals surface area contributed by atoms with Crippen molar-refractivity contribution in [2.24, 2.45) is 29.4 Å². The average molecular weight is 424 g/mol. The van der Waals surface area contributed by atoms with E-state index >= 15 is 0 Å². The van der Waals surface area contributed by atoms with Crippen LogP contribution in [0.2, 0.25) is 0 Å². The summed E-state index contributed by atoms with van der Waals surface area (Å²) in [4.78, 5) is 0. The average Bonchev–Trinajstić information content (AvgIpc) is 3.30. The Morgan fingerprint density at radius 3 is 2.87 bits per heavy atom. The fourth-order valence-electron chi connectivity index (χ4n) is 3.53. The molecule has 0 saturated carbocycles. The minimum Gasteiger partial charge on any atom is -0.482 e. The zero-order valence-corrected chi connectivity index (χ0v) is 16.9. The maximum absolute atomic E-state index is 14.1. The second-order valence-corrected chi connectivity index (χ2v) is 7.04. The zero-order valence-electron chi connectivity index (χ0n) is 16.9. The van der Waals surface area contributed by atoms with Gasteiger partial charge in [0.05, 0.1) is 23.5 Å². The van der Waals surface area contributed by atoms with Crippen molar-refractivity contribution in [3.8, 4) is 6.07 Å². The highest BCUT2D eigenvalue weighted by Crippen LogP contribution is 2.34. The number of aromatic nitrogens is 2. The molecule has 2 aromatic rings. The molecule has 1 atom stereocenters. The summed E-state index contributed by atoms with van der Waals surface area (Å²) in [6.45, 7) is 1.95. The molecule has 1 aromatic heterocycles. The Morgan fingerprint density at radius 1 is 1.39 bits per heavy atom. The van der Waals surface area contributed by atoms with Gasteiger partial charge >= 0.3 is 0 Å². The molecular formula is C19H21FN10O. The first-order valence-electron chi connectivity index (χ1n) is 9.30. The number of ether oxygens (including phenoxy) is 1. The minimum absolute atomic E-state index is 0.0990. The van der Waals surface area contributed by atoms with Crippen molar-refractivity contribution in [1.82, 2.24) is 20.3 Å².